The highest BCUT2D eigenvalue weighted by atomic mass is 19.1. The van der Waals surface area contributed by atoms with Crippen LogP contribution in [0.25, 0.3) is 6.08 Å². The molecule has 0 aliphatic carbocycles. The van der Waals surface area contributed by atoms with Crippen LogP contribution in [-0.4, -0.2) is 31.9 Å². The smallest absolute Gasteiger partial charge is 0.400 e. The molecule has 0 saturated carbocycles. The summed E-state index contributed by atoms with van der Waals surface area (Å²) in [5, 5.41) is 12.0. The van der Waals surface area contributed by atoms with E-state index in [1.54, 1.807) is 6.07 Å². The number of benzene rings is 1. The minimum Gasteiger partial charge on any atom is -0.400 e. The summed E-state index contributed by atoms with van der Waals surface area (Å²) in [6.07, 6.45) is 1.87. The summed E-state index contributed by atoms with van der Waals surface area (Å²) in [7, 11) is 1.35. The molecule has 1 aliphatic rings. The van der Waals surface area contributed by atoms with E-state index in [1.807, 2.05) is 46.9 Å². The first-order valence-corrected chi connectivity index (χ1v) is 7.60. The van der Waals surface area contributed by atoms with E-state index in [0.717, 1.165) is 11.0 Å². The van der Waals surface area contributed by atoms with Gasteiger partial charge in [-0.3, -0.25) is 0 Å². The fraction of sp³-hybridized carbons (Fsp3) is 0.471. The maximum Gasteiger partial charge on any atom is 0.491 e. The second-order valence-corrected chi connectivity index (χ2v) is 6.69. The van der Waals surface area contributed by atoms with Crippen LogP contribution in [-0.2, 0) is 9.31 Å². The predicted octanol–water partition coefficient (Wildman–Crippen LogP) is 2.93. The van der Waals surface area contributed by atoms with Crippen LogP contribution in [0, 0.1) is 17.1 Å². The lowest BCUT2D eigenvalue weighted by Crippen LogP contribution is -2.41. The zero-order chi connectivity index (χ0) is 17.3. The van der Waals surface area contributed by atoms with Gasteiger partial charge in [-0.05, 0) is 57.9 Å². The van der Waals surface area contributed by atoms with Crippen LogP contribution in [0.1, 0.15) is 38.8 Å². The molecule has 4 nitrogen and oxygen atoms in total. The molecule has 1 aliphatic heterocycles. The average Bonchev–Trinajstić information content (AvgIpc) is 2.69. The lowest BCUT2D eigenvalue weighted by molar-refractivity contribution is 0.00578. The molecule has 0 amide bonds. The number of likely N-dealkylation sites (N-methyl/N-ethyl adjacent to an activating group) is 1. The van der Waals surface area contributed by atoms with Gasteiger partial charge in [0.05, 0.1) is 16.8 Å². The van der Waals surface area contributed by atoms with Crippen LogP contribution in [0.15, 0.2) is 23.7 Å². The molecule has 2 rings (SSSR count). The highest BCUT2D eigenvalue weighted by molar-refractivity contribution is 6.55. The topological polar surface area (TPSA) is 54.3 Å². The Labute approximate surface area is 137 Å². The fourth-order valence-electron chi connectivity index (χ4n) is 2.33. The van der Waals surface area contributed by atoms with E-state index in [1.165, 1.54) is 12.1 Å². The maximum absolute atomic E-state index is 13.5. The largest absolute Gasteiger partial charge is 0.491 e. The van der Waals surface area contributed by atoms with Crippen molar-refractivity contribution in [3.05, 3.63) is 40.6 Å². The zero-order valence-corrected chi connectivity index (χ0v) is 14.2. The van der Waals surface area contributed by atoms with Crippen LogP contribution >= 0.6 is 0 Å². The quantitative estimate of drug-likeness (QED) is 0.868. The first-order valence-electron chi connectivity index (χ1n) is 7.60. The van der Waals surface area contributed by atoms with Crippen molar-refractivity contribution in [2.45, 2.75) is 38.9 Å². The molecule has 1 aromatic carbocycles. The van der Waals surface area contributed by atoms with Gasteiger partial charge in [0.15, 0.2) is 0 Å². The molecule has 1 aromatic rings. The second kappa shape index (κ2) is 6.44. The molecule has 0 bridgehead atoms. The lowest BCUT2D eigenvalue weighted by atomic mass is 9.77. The van der Waals surface area contributed by atoms with E-state index in [-0.39, 0.29) is 5.56 Å². The summed E-state index contributed by atoms with van der Waals surface area (Å²) in [5.74, 6) is -0.518. The Balaban J connectivity index is 2.34. The average molecular weight is 316 g/mol. The van der Waals surface area contributed by atoms with Gasteiger partial charge < -0.3 is 14.6 Å². The normalized spacial score (nSPS) is 19.7. The first kappa shape index (κ1) is 17.7. The van der Waals surface area contributed by atoms with Gasteiger partial charge >= 0.3 is 7.12 Å². The predicted molar refractivity (Wildman–Crippen MR) is 89.1 cm³/mol. The Morgan fingerprint density at radius 1 is 1.30 bits per heavy atom. The molecule has 0 spiro atoms. The summed E-state index contributed by atoms with van der Waals surface area (Å²) in [4.78, 5) is 0. The Morgan fingerprint density at radius 2 is 1.91 bits per heavy atom. The van der Waals surface area contributed by atoms with Gasteiger partial charge in [-0.15, -0.1) is 0 Å². The molecule has 0 radical (unpaired) electrons. The van der Waals surface area contributed by atoms with Crippen molar-refractivity contribution < 1.29 is 13.7 Å². The molecular weight excluding hydrogens is 294 g/mol. The van der Waals surface area contributed by atoms with Gasteiger partial charge in [-0.1, -0.05) is 12.1 Å². The summed E-state index contributed by atoms with van der Waals surface area (Å²) < 4.78 is 25.6. The summed E-state index contributed by atoms with van der Waals surface area (Å²) in [6.45, 7) is 8.55. The monoisotopic (exact) mass is 316 g/mol. The van der Waals surface area contributed by atoms with E-state index in [9.17, 15) is 4.39 Å². The van der Waals surface area contributed by atoms with Gasteiger partial charge in [0.1, 0.15) is 11.9 Å². The molecule has 0 atom stereocenters. The number of hydrogen-bond acceptors (Lipinski definition) is 4. The Hall–Kier alpha value is -1.68. The Bertz CT molecular complexity index is 649. The lowest BCUT2D eigenvalue weighted by Gasteiger charge is -2.32. The highest BCUT2D eigenvalue weighted by Gasteiger charge is 2.52. The number of nitrogens with zero attached hydrogens (tertiary/aromatic N) is 1. The molecule has 23 heavy (non-hydrogen) atoms. The summed E-state index contributed by atoms with van der Waals surface area (Å²) in [6, 6.07) is 6.31. The third-order valence-corrected chi connectivity index (χ3v) is 4.40. The molecular formula is C17H22BFN2O2. The van der Waals surface area contributed by atoms with Gasteiger partial charge in [0, 0.05) is 6.54 Å². The van der Waals surface area contributed by atoms with Crippen LogP contribution in [0.4, 0.5) is 4.39 Å². The SMILES string of the molecule is CNCC(=Cc1ccc(F)c(C#N)c1)B1OC(C)(C)C(C)(C)O1. The molecule has 0 aromatic heterocycles. The van der Waals surface area contributed by atoms with E-state index in [2.05, 4.69) is 5.32 Å². The zero-order valence-electron chi connectivity index (χ0n) is 14.2. The third-order valence-electron chi connectivity index (χ3n) is 4.40. The number of nitrogens with one attached hydrogen (secondary N) is 1. The molecule has 122 valence electrons. The van der Waals surface area contributed by atoms with E-state index in [4.69, 9.17) is 14.6 Å². The Morgan fingerprint density at radius 3 is 2.43 bits per heavy atom. The van der Waals surface area contributed by atoms with Crippen LogP contribution in [0.2, 0.25) is 0 Å². The number of rotatable bonds is 4. The third kappa shape index (κ3) is 3.64. The molecule has 1 N–H and O–H groups in total. The van der Waals surface area contributed by atoms with Crippen LogP contribution < -0.4 is 5.32 Å². The number of hydrogen-bond donors (Lipinski definition) is 1. The van der Waals surface area contributed by atoms with Crippen molar-refractivity contribution in [1.82, 2.24) is 5.32 Å². The molecule has 6 heteroatoms. The molecule has 1 heterocycles. The first-order chi connectivity index (χ1) is 10.7. The van der Waals surface area contributed by atoms with Crippen molar-refractivity contribution >= 4 is 13.2 Å². The summed E-state index contributed by atoms with van der Waals surface area (Å²) in [5.41, 5.74) is 0.803. The molecule has 1 fully saturated rings. The van der Waals surface area contributed by atoms with Gasteiger partial charge in [0.25, 0.3) is 0 Å². The van der Waals surface area contributed by atoms with Gasteiger partial charge in [-0.25, -0.2) is 4.39 Å². The van der Waals surface area contributed by atoms with Crippen molar-refractivity contribution in [2.24, 2.45) is 0 Å². The van der Waals surface area contributed by atoms with E-state index >= 15 is 0 Å². The van der Waals surface area contributed by atoms with Gasteiger partial charge in [0.2, 0.25) is 0 Å². The second-order valence-electron chi connectivity index (χ2n) is 6.69. The highest BCUT2D eigenvalue weighted by Crippen LogP contribution is 2.38. The van der Waals surface area contributed by atoms with Crippen molar-refractivity contribution in [3.63, 3.8) is 0 Å². The maximum atomic E-state index is 13.5. The van der Waals surface area contributed by atoms with Crippen LogP contribution in [0.5, 0.6) is 0 Å². The Kier molecular flexibility index (Phi) is 4.95. The number of halogens is 1. The molecule has 0 unspecified atom stereocenters. The van der Waals surface area contributed by atoms with Crippen molar-refractivity contribution in [2.75, 3.05) is 13.6 Å². The number of nitriles is 1. The minimum absolute atomic E-state index is 0.0245. The summed E-state index contributed by atoms with van der Waals surface area (Å²) >= 11 is 0. The van der Waals surface area contributed by atoms with Crippen LogP contribution in [0.3, 0.4) is 0 Å². The van der Waals surface area contributed by atoms with Crippen molar-refractivity contribution in [1.29, 1.82) is 5.26 Å². The minimum atomic E-state index is -0.518. The standard InChI is InChI=1S/C17H22BFN2O2/c1-16(2)17(3,4)23-18(22-16)14(11-21-5)9-12-6-7-15(19)13(8-12)10-20/h6-9,21H,11H2,1-5H3. The van der Waals surface area contributed by atoms with Crippen molar-refractivity contribution in [3.8, 4) is 6.07 Å². The van der Waals surface area contributed by atoms with Gasteiger partial charge in [-0.2, -0.15) is 5.26 Å². The molecule has 1 saturated heterocycles. The van der Waals surface area contributed by atoms with E-state index in [0.29, 0.717) is 6.54 Å². The fourth-order valence-corrected chi connectivity index (χ4v) is 2.33. The van der Waals surface area contributed by atoms with E-state index < -0.39 is 24.1 Å².